The average molecular weight is 311 g/mol. The van der Waals surface area contributed by atoms with E-state index in [1.165, 1.54) is 11.8 Å². The quantitative estimate of drug-likeness (QED) is 0.681. The first kappa shape index (κ1) is 14.9. The number of carbonyl (C=O) groups excluding carboxylic acids is 1. The van der Waals surface area contributed by atoms with Crippen LogP contribution in [0.15, 0.2) is 35.9 Å². The Morgan fingerprint density at radius 1 is 1.50 bits per heavy atom. The first-order valence-electron chi connectivity index (χ1n) is 6.21. The highest BCUT2D eigenvalue weighted by Gasteiger charge is 2.18. The first-order valence-corrected chi connectivity index (χ1v) is 7.46. The van der Waals surface area contributed by atoms with Crippen molar-refractivity contribution in [1.29, 1.82) is 0 Å². The molecule has 0 spiro atoms. The number of pyridine rings is 1. The summed E-state index contributed by atoms with van der Waals surface area (Å²) in [5.74, 6) is -0.129. The van der Waals surface area contributed by atoms with Gasteiger partial charge in [0.1, 0.15) is 0 Å². The van der Waals surface area contributed by atoms with Gasteiger partial charge in [0, 0.05) is 25.1 Å². The van der Waals surface area contributed by atoms with Gasteiger partial charge < -0.3 is 9.88 Å². The summed E-state index contributed by atoms with van der Waals surface area (Å²) >= 11 is 7.33. The van der Waals surface area contributed by atoms with E-state index in [2.05, 4.69) is 15.3 Å². The van der Waals surface area contributed by atoms with Gasteiger partial charge in [-0.1, -0.05) is 23.4 Å². The Balaban J connectivity index is 2.01. The number of halogens is 1. The Kier molecular flexibility index (Phi) is 5.03. The Bertz CT molecular complexity index is 602. The SMILES string of the molecule is CCn1ccnc1SC(C)C(=O)Nc1cccnc1Cl. The number of nitrogens with zero attached hydrogens (tertiary/aromatic N) is 3. The zero-order valence-corrected chi connectivity index (χ0v) is 12.8. The third-order valence-electron chi connectivity index (χ3n) is 2.69. The molecule has 2 aromatic rings. The van der Waals surface area contributed by atoms with Crippen LogP contribution < -0.4 is 5.32 Å². The first-order chi connectivity index (χ1) is 9.61. The molecule has 0 aliphatic carbocycles. The number of aryl methyl sites for hydroxylation is 1. The standard InChI is InChI=1S/C13H15ClN4OS/c1-3-18-8-7-16-13(18)20-9(2)12(19)17-10-5-4-6-15-11(10)14/h4-9H,3H2,1-2H3,(H,17,19). The molecule has 2 heterocycles. The lowest BCUT2D eigenvalue weighted by Crippen LogP contribution is -2.23. The Morgan fingerprint density at radius 2 is 2.30 bits per heavy atom. The van der Waals surface area contributed by atoms with E-state index in [0.717, 1.165) is 11.7 Å². The van der Waals surface area contributed by atoms with Gasteiger partial charge in [-0.3, -0.25) is 4.79 Å². The summed E-state index contributed by atoms with van der Waals surface area (Å²) in [6, 6.07) is 3.45. The number of anilines is 1. The van der Waals surface area contributed by atoms with Crippen molar-refractivity contribution in [3.8, 4) is 0 Å². The molecule has 106 valence electrons. The largest absolute Gasteiger partial charge is 0.326 e. The van der Waals surface area contributed by atoms with Crippen LogP contribution in [0.1, 0.15) is 13.8 Å². The van der Waals surface area contributed by atoms with Gasteiger partial charge in [0.15, 0.2) is 10.3 Å². The van der Waals surface area contributed by atoms with Crippen LogP contribution in [-0.4, -0.2) is 25.7 Å². The second-order valence-corrected chi connectivity index (χ2v) is 5.75. The molecule has 1 unspecified atom stereocenters. The lowest BCUT2D eigenvalue weighted by Gasteiger charge is -2.12. The second kappa shape index (κ2) is 6.76. The van der Waals surface area contributed by atoms with Crippen LogP contribution >= 0.6 is 23.4 Å². The number of hydrogen-bond donors (Lipinski definition) is 1. The summed E-state index contributed by atoms with van der Waals surface area (Å²) in [6.45, 7) is 4.69. The van der Waals surface area contributed by atoms with E-state index in [4.69, 9.17) is 11.6 Å². The molecule has 5 nitrogen and oxygen atoms in total. The number of rotatable bonds is 5. The van der Waals surface area contributed by atoms with E-state index in [0.29, 0.717) is 5.69 Å². The minimum atomic E-state index is -0.279. The number of aromatic nitrogens is 3. The number of carbonyl (C=O) groups is 1. The fourth-order valence-electron chi connectivity index (χ4n) is 1.58. The molecule has 0 aromatic carbocycles. The van der Waals surface area contributed by atoms with Crippen molar-refractivity contribution in [3.63, 3.8) is 0 Å². The summed E-state index contributed by atoms with van der Waals surface area (Å²) in [5, 5.41) is 3.60. The van der Waals surface area contributed by atoms with Crippen LogP contribution in [0.2, 0.25) is 5.15 Å². The van der Waals surface area contributed by atoms with Crippen molar-refractivity contribution in [1.82, 2.24) is 14.5 Å². The molecule has 0 aliphatic rings. The zero-order chi connectivity index (χ0) is 14.5. The zero-order valence-electron chi connectivity index (χ0n) is 11.2. The van der Waals surface area contributed by atoms with E-state index in [9.17, 15) is 4.79 Å². The van der Waals surface area contributed by atoms with Crippen molar-refractivity contribution in [2.24, 2.45) is 0 Å². The second-order valence-electron chi connectivity index (χ2n) is 4.09. The third-order valence-corrected chi connectivity index (χ3v) is 4.11. The molecule has 20 heavy (non-hydrogen) atoms. The average Bonchev–Trinajstić information content (AvgIpc) is 2.88. The van der Waals surface area contributed by atoms with Gasteiger partial charge in [-0.2, -0.15) is 0 Å². The van der Waals surface area contributed by atoms with E-state index >= 15 is 0 Å². The summed E-state index contributed by atoms with van der Waals surface area (Å²) in [6.07, 6.45) is 5.20. The molecular weight excluding hydrogens is 296 g/mol. The minimum absolute atomic E-state index is 0.129. The molecule has 2 rings (SSSR count). The molecule has 1 N–H and O–H groups in total. The minimum Gasteiger partial charge on any atom is -0.326 e. The number of hydrogen-bond acceptors (Lipinski definition) is 4. The summed E-state index contributed by atoms with van der Waals surface area (Å²) in [4.78, 5) is 20.3. The maximum absolute atomic E-state index is 12.1. The smallest absolute Gasteiger partial charge is 0.237 e. The lowest BCUT2D eigenvalue weighted by molar-refractivity contribution is -0.115. The van der Waals surface area contributed by atoms with Gasteiger partial charge >= 0.3 is 0 Å². The predicted molar refractivity (Wildman–Crippen MR) is 81.1 cm³/mol. The van der Waals surface area contributed by atoms with E-state index in [1.807, 2.05) is 24.6 Å². The van der Waals surface area contributed by atoms with E-state index in [-0.39, 0.29) is 16.3 Å². The monoisotopic (exact) mass is 310 g/mol. The van der Waals surface area contributed by atoms with Gasteiger partial charge in [-0.05, 0) is 26.0 Å². The van der Waals surface area contributed by atoms with Crippen molar-refractivity contribution < 1.29 is 4.79 Å². The molecule has 7 heteroatoms. The summed E-state index contributed by atoms with van der Waals surface area (Å²) in [7, 11) is 0. The Morgan fingerprint density at radius 3 is 3.00 bits per heavy atom. The molecule has 0 aliphatic heterocycles. The third kappa shape index (κ3) is 3.52. The van der Waals surface area contributed by atoms with Gasteiger partial charge in [-0.15, -0.1) is 0 Å². The van der Waals surface area contributed by atoms with Crippen molar-refractivity contribution in [3.05, 3.63) is 35.9 Å². The molecule has 0 fully saturated rings. The number of nitrogens with one attached hydrogen (secondary N) is 1. The summed E-state index contributed by atoms with van der Waals surface area (Å²) < 4.78 is 1.99. The number of amides is 1. The predicted octanol–water partition coefficient (Wildman–Crippen LogP) is 3.07. The molecule has 0 saturated heterocycles. The van der Waals surface area contributed by atoms with Crippen molar-refractivity contribution >= 4 is 35.0 Å². The van der Waals surface area contributed by atoms with Crippen LogP contribution in [0.4, 0.5) is 5.69 Å². The fraction of sp³-hybridized carbons (Fsp3) is 0.308. The molecular formula is C13H15ClN4OS. The molecule has 0 saturated carbocycles. The van der Waals surface area contributed by atoms with Crippen LogP contribution in [0, 0.1) is 0 Å². The highest BCUT2D eigenvalue weighted by molar-refractivity contribution is 8.00. The van der Waals surface area contributed by atoms with Gasteiger partial charge in [0.05, 0.1) is 10.9 Å². The number of imidazole rings is 1. The highest BCUT2D eigenvalue weighted by atomic mass is 35.5. The topological polar surface area (TPSA) is 59.8 Å². The van der Waals surface area contributed by atoms with E-state index < -0.39 is 0 Å². The number of thioether (sulfide) groups is 1. The maximum atomic E-state index is 12.1. The Labute approximate surface area is 126 Å². The molecule has 1 atom stereocenters. The van der Waals surface area contributed by atoms with Crippen LogP contribution in [0.3, 0.4) is 0 Å². The van der Waals surface area contributed by atoms with Gasteiger partial charge in [-0.25, -0.2) is 9.97 Å². The molecule has 0 radical (unpaired) electrons. The van der Waals surface area contributed by atoms with Crippen molar-refractivity contribution in [2.75, 3.05) is 5.32 Å². The van der Waals surface area contributed by atoms with Gasteiger partial charge in [0.25, 0.3) is 0 Å². The fourth-order valence-corrected chi connectivity index (χ4v) is 2.68. The molecule has 0 bridgehead atoms. The molecule has 1 amide bonds. The maximum Gasteiger partial charge on any atom is 0.237 e. The van der Waals surface area contributed by atoms with Crippen LogP contribution in [-0.2, 0) is 11.3 Å². The van der Waals surface area contributed by atoms with Crippen LogP contribution in [0.5, 0.6) is 0 Å². The summed E-state index contributed by atoms with van der Waals surface area (Å²) in [5.41, 5.74) is 0.519. The van der Waals surface area contributed by atoms with Gasteiger partial charge in [0.2, 0.25) is 5.91 Å². The molecule has 2 aromatic heterocycles. The normalized spacial score (nSPS) is 12.2. The van der Waals surface area contributed by atoms with E-state index in [1.54, 1.807) is 24.5 Å². The van der Waals surface area contributed by atoms with Crippen LogP contribution in [0.25, 0.3) is 0 Å². The Hall–Kier alpha value is -1.53. The highest BCUT2D eigenvalue weighted by Crippen LogP contribution is 2.24. The lowest BCUT2D eigenvalue weighted by atomic mass is 10.4. The van der Waals surface area contributed by atoms with Crippen molar-refractivity contribution in [2.45, 2.75) is 30.8 Å².